The van der Waals surface area contributed by atoms with Crippen LogP contribution >= 0.6 is 0 Å². The van der Waals surface area contributed by atoms with Gasteiger partial charge >= 0.3 is 0 Å². The van der Waals surface area contributed by atoms with Crippen LogP contribution < -0.4 is 10.7 Å². The number of hydrogen-bond acceptors (Lipinski definition) is 2. The summed E-state index contributed by atoms with van der Waals surface area (Å²) in [5.41, 5.74) is 3.42. The molecule has 0 saturated carbocycles. The molecule has 1 amide bonds. The number of anilines is 1. The first kappa shape index (κ1) is 15.0. The Hall–Kier alpha value is -2.36. The summed E-state index contributed by atoms with van der Waals surface area (Å²) in [6.45, 7) is 7.87. The van der Waals surface area contributed by atoms with Gasteiger partial charge in [-0.1, -0.05) is 32.0 Å². The molecule has 1 aromatic carbocycles. The van der Waals surface area contributed by atoms with Gasteiger partial charge in [0.25, 0.3) is 5.91 Å². The number of nitrogens with one attached hydrogen (secondary N) is 2. The van der Waals surface area contributed by atoms with Crippen LogP contribution in [0.4, 0.5) is 5.69 Å². The summed E-state index contributed by atoms with van der Waals surface area (Å²) in [6, 6.07) is 7.34. The molecule has 2 N–H and O–H groups in total. The fraction of sp³-hybridized carbons (Fsp3) is 0.294. The monoisotopic (exact) mass is 284 g/mol. The van der Waals surface area contributed by atoms with Crippen LogP contribution in [0.5, 0.6) is 0 Å². The Bertz CT molecular complexity index is 730. The van der Waals surface area contributed by atoms with Crippen molar-refractivity contribution in [2.75, 3.05) is 5.32 Å². The maximum absolute atomic E-state index is 12.3. The van der Waals surface area contributed by atoms with Crippen LogP contribution in [0.1, 0.15) is 46.9 Å². The lowest BCUT2D eigenvalue weighted by molar-refractivity contribution is 0.102. The molecule has 0 fully saturated rings. The number of aromatic amines is 1. The summed E-state index contributed by atoms with van der Waals surface area (Å²) in [7, 11) is 0. The minimum absolute atomic E-state index is 0.124. The SMILES string of the molecule is Cc1cc(=O)c(C(=O)Nc2c(C)cccc2C(C)C)c[nH]1. The number of para-hydroxylation sites is 1. The van der Waals surface area contributed by atoms with Crippen molar-refractivity contribution in [3.63, 3.8) is 0 Å². The van der Waals surface area contributed by atoms with Gasteiger partial charge in [0.1, 0.15) is 5.56 Å². The lowest BCUT2D eigenvalue weighted by Gasteiger charge is -2.16. The van der Waals surface area contributed by atoms with Gasteiger partial charge in [-0.2, -0.15) is 0 Å². The highest BCUT2D eigenvalue weighted by Crippen LogP contribution is 2.27. The number of carbonyl (C=O) groups is 1. The average Bonchev–Trinajstić information content (AvgIpc) is 2.40. The van der Waals surface area contributed by atoms with Gasteiger partial charge in [0.15, 0.2) is 5.43 Å². The summed E-state index contributed by atoms with van der Waals surface area (Å²) in [6.07, 6.45) is 1.46. The van der Waals surface area contributed by atoms with Crippen molar-refractivity contribution in [2.45, 2.75) is 33.6 Å². The highest BCUT2D eigenvalue weighted by molar-refractivity contribution is 6.04. The van der Waals surface area contributed by atoms with Gasteiger partial charge in [-0.05, 0) is 30.9 Å². The Morgan fingerprint density at radius 1 is 1.24 bits per heavy atom. The Kier molecular flexibility index (Phi) is 4.26. The molecule has 110 valence electrons. The standard InChI is InChI=1S/C17H20N2O2/c1-10(2)13-7-5-6-11(3)16(13)19-17(21)14-9-18-12(4)8-15(14)20/h5-10H,1-4H3,(H,18,20)(H,19,21). The highest BCUT2D eigenvalue weighted by Gasteiger charge is 2.15. The zero-order valence-corrected chi connectivity index (χ0v) is 12.8. The molecule has 0 saturated heterocycles. The number of rotatable bonds is 3. The molecule has 4 heteroatoms. The average molecular weight is 284 g/mol. The van der Waals surface area contributed by atoms with Gasteiger partial charge in [0.2, 0.25) is 0 Å². The summed E-state index contributed by atoms with van der Waals surface area (Å²) in [4.78, 5) is 27.1. The zero-order chi connectivity index (χ0) is 15.6. The largest absolute Gasteiger partial charge is 0.364 e. The maximum atomic E-state index is 12.3. The van der Waals surface area contributed by atoms with Gasteiger partial charge in [-0.25, -0.2) is 0 Å². The van der Waals surface area contributed by atoms with Gasteiger partial charge in [-0.15, -0.1) is 0 Å². The molecule has 0 spiro atoms. The highest BCUT2D eigenvalue weighted by atomic mass is 16.2. The first-order chi connectivity index (χ1) is 9.90. The second kappa shape index (κ2) is 5.95. The van der Waals surface area contributed by atoms with Crippen LogP contribution in [-0.4, -0.2) is 10.9 Å². The zero-order valence-electron chi connectivity index (χ0n) is 12.8. The molecular formula is C17H20N2O2. The minimum atomic E-state index is -0.382. The van der Waals surface area contributed by atoms with Gasteiger partial charge in [0, 0.05) is 23.6 Å². The van der Waals surface area contributed by atoms with E-state index in [1.807, 2.05) is 25.1 Å². The first-order valence-corrected chi connectivity index (χ1v) is 7.00. The second-order valence-electron chi connectivity index (χ2n) is 5.54. The maximum Gasteiger partial charge on any atom is 0.261 e. The molecule has 0 aliphatic heterocycles. The van der Waals surface area contributed by atoms with Gasteiger partial charge in [0.05, 0.1) is 0 Å². The summed E-state index contributed by atoms with van der Waals surface area (Å²) in [5.74, 6) is -0.0936. The predicted molar refractivity (Wildman–Crippen MR) is 85.0 cm³/mol. The molecule has 4 nitrogen and oxygen atoms in total. The molecule has 1 heterocycles. The van der Waals surface area contributed by atoms with Crippen molar-refractivity contribution in [2.24, 2.45) is 0 Å². The Morgan fingerprint density at radius 2 is 1.95 bits per heavy atom. The lowest BCUT2D eigenvalue weighted by atomic mass is 9.98. The quantitative estimate of drug-likeness (QED) is 0.907. The molecule has 0 atom stereocenters. The van der Waals surface area contributed by atoms with Crippen LogP contribution in [0.15, 0.2) is 35.3 Å². The molecule has 21 heavy (non-hydrogen) atoms. The molecule has 2 rings (SSSR count). The molecular weight excluding hydrogens is 264 g/mol. The van der Waals surface area contributed by atoms with Crippen LogP contribution in [0.25, 0.3) is 0 Å². The van der Waals surface area contributed by atoms with E-state index < -0.39 is 0 Å². The Balaban J connectivity index is 2.38. The summed E-state index contributed by atoms with van der Waals surface area (Å²) >= 11 is 0. The third-order valence-electron chi connectivity index (χ3n) is 3.47. The smallest absolute Gasteiger partial charge is 0.261 e. The van der Waals surface area contributed by atoms with Crippen molar-refractivity contribution < 1.29 is 4.79 Å². The number of H-pyrrole nitrogens is 1. The van der Waals surface area contributed by atoms with Crippen molar-refractivity contribution in [1.29, 1.82) is 0 Å². The predicted octanol–water partition coefficient (Wildman–Crippen LogP) is 3.37. The lowest BCUT2D eigenvalue weighted by Crippen LogP contribution is -2.22. The molecule has 0 aliphatic rings. The fourth-order valence-corrected chi connectivity index (χ4v) is 2.27. The first-order valence-electron chi connectivity index (χ1n) is 7.00. The number of aryl methyl sites for hydroxylation is 2. The van der Waals surface area contributed by atoms with E-state index in [1.165, 1.54) is 12.3 Å². The minimum Gasteiger partial charge on any atom is -0.364 e. The van der Waals surface area contributed by atoms with Crippen molar-refractivity contribution >= 4 is 11.6 Å². The van der Waals surface area contributed by atoms with Crippen molar-refractivity contribution in [3.05, 3.63) is 63.1 Å². The van der Waals surface area contributed by atoms with Crippen molar-refractivity contribution in [3.8, 4) is 0 Å². The van der Waals surface area contributed by atoms with E-state index in [2.05, 4.69) is 24.1 Å². The normalized spacial score (nSPS) is 10.7. The van der Waals surface area contributed by atoms with E-state index in [-0.39, 0.29) is 22.8 Å². The number of hydrogen-bond donors (Lipinski definition) is 2. The van der Waals surface area contributed by atoms with E-state index in [0.717, 1.165) is 22.5 Å². The Morgan fingerprint density at radius 3 is 2.57 bits per heavy atom. The Labute approximate surface area is 124 Å². The van der Waals surface area contributed by atoms with Crippen LogP contribution in [0.3, 0.4) is 0 Å². The van der Waals surface area contributed by atoms with E-state index >= 15 is 0 Å². The number of amides is 1. The third kappa shape index (κ3) is 3.21. The number of carbonyl (C=O) groups excluding carboxylic acids is 1. The fourth-order valence-electron chi connectivity index (χ4n) is 2.27. The molecule has 2 aromatic rings. The van der Waals surface area contributed by atoms with Crippen LogP contribution in [0.2, 0.25) is 0 Å². The molecule has 1 aromatic heterocycles. The van der Waals surface area contributed by atoms with Crippen LogP contribution in [-0.2, 0) is 0 Å². The van der Waals surface area contributed by atoms with E-state index in [0.29, 0.717) is 0 Å². The molecule has 0 aliphatic carbocycles. The van der Waals surface area contributed by atoms with Gasteiger partial charge in [-0.3, -0.25) is 9.59 Å². The van der Waals surface area contributed by atoms with E-state index in [1.54, 1.807) is 6.92 Å². The van der Waals surface area contributed by atoms with Crippen molar-refractivity contribution in [1.82, 2.24) is 4.98 Å². The van der Waals surface area contributed by atoms with E-state index in [9.17, 15) is 9.59 Å². The van der Waals surface area contributed by atoms with Crippen LogP contribution in [0, 0.1) is 13.8 Å². The third-order valence-corrected chi connectivity index (χ3v) is 3.47. The topological polar surface area (TPSA) is 62.0 Å². The summed E-state index contributed by atoms with van der Waals surface area (Å²) < 4.78 is 0. The molecule has 0 unspecified atom stereocenters. The van der Waals surface area contributed by atoms with E-state index in [4.69, 9.17) is 0 Å². The molecule has 0 bridgehead atoms. The number of benzene rings is 1. The number of aromatic nitrogens is 1. The van der Waals surface area contributed by atoms with Gasteiger partial charge < -0.3 is 10.3 Å². The second-order valence-corrected chi connectivity index (χ2v) is 5.54. The number of pyridine rings is 1. The molecule has 0 radical (unpaired) electrons. The summed E-state index contributed by atoms with van der Waals surface area (Å²) in [5, 5.41) is 2.88.